The van der Waals surface area contributed by atoms with E-state index in [2.05, 4.69) is 21.9 Å². The molecular formula is C9H11N3. The highest BCUT2D eigenvalue weighted by Gasteiger charge is 2.00. The maximum atomic E-state index is 4.34. The molecule has 0 unspecified atom stereocenters. The minimum Gasteiger partial charge on any atom is -0.341 e. The second kappa shape index (κ2) is 2.93. The molecular weight excluding hydrogens is 150 g/mol. The van der Waals surface area contributed by atoms with E-state index in [1.54, 1.807) is 6.20 Å². The molecule has 0 spiro atoms. The van der Waals surface area contributed by atoms with Gasteiger partial charge in [0.25, 0.3) is 0 Å². The van der Waals surface area contributed by atoms with Gasteiger partial charge in [-0.2, -0.15) is 0 Å². The summed E-state index contributed by atoms with van der Waals surface area (Å²) in [5.41, 5.74) is 1.85. The van der Waals surface area contributed by atoms with Crippen LogP contribution in [0.25, 0.3) is 11.2 Å². The molecule has 2 aromatic rings. The van der Waals surface area contributed by atoms with Gasteiger partial charge in [-0.1, -0.05) is 6.92 Å². The molecule has 0 bridgehead atoms. The van der Waals surface area contributed by atoms with Crippen molar-refractivity contribution < 1.29 is 0 Å². The summed E-state index contributed by atoms with van der Waals surface area (Å²) in [5, 5.41) is 0. The van der Waals surface area contributed by atoms with Crippen molar-refractivity contribution in [2.24, 2.45) is 0 Å². The summed E-state index contributed by atoms with van der Waals surface area (Å²) in [7, 11) is 0. The lowest BCUT2D eigenvalue weighted by atomic mass is 10.3. The van der Waals surface area contributed by atoms with E-state index in [4.69, 9.17) is 0 Å². The first kappa shape index (κ1) is 7.28. The molecule has 12 heavy (non-hydrogen) atoms. The molecule has 2 rings (SSSR count). The summed E-state index contributed by atoms with van der Waals surface area (Å²) in [5.74, 6) is 1.03. The van der Waals surface area contributed by atoms with Crippen LogP contribution in [0.4, 0.5) is 0 Å². The summed E-state index contributed by atoms with van der Waals surface area (Å²) in [4.78, 5) is 11.7. The van der Waals surface area contributed by atoms with Crippen molar-refractivity contribution >= 4 is 11.2 Å². The first-order valence-electron chi connectivity index (χ1n) is 4.20. The number of rotatable bonds is 2. The van der Waals surface area contributed by atoms with Gasteiger partial charge in [0.2, 0.25) is 0 Å². The first-order valence-corrected chi connectivity index (χ1v) is 4.20. The van der Waals surface area contributed by atoms with E-state index in [1.807, 2.05) is 12.1 Å². The van der Waals surface area contributed by atoms with Crippen molar-refractivity contribution in [1.29, 1.82) is 0 Å². The van der Waals surface area contributed by atoms with Crippen LogP contribution in [-0.2, 0) is 6.42 Å². The smallest absolute Gasteiger partial charge is 0.177 e. The molecule has 0 saturated heterocycles. The first-order chi connectivity index (χ1) is 5.90. The fourth-order valence-electron chi connectivity index (χ4n) is 1.25. The minimum atomic E-state index is 0.820. The Morgan fingerprint density at radius 2 is 2.42 bits per heavy atom. The zero-order valence-electron chi connectivity index (χ0n) is 7.04. The number of hydrogen-bond acceptors (Lipinski definition) is 2. The number of hydrogen-bond donors (Lipinski definition) is 1. The van der Waals surface area contributed by atoms with Crippen LogP contribution in [0.3, 0.4) is 0 Å². The molecule has 3 nitrogen and oxygen atoms in total. The van der Waals surface area contributed by atoms with Gasteiger partial charge in [-0.25, -0.2) is 9.97 Å². The van der Waals surface area contributed by atoms with Gasteiger partial charge < -0.3 is 4.98 Å². The van der Waals surface area contributed by atoms with Crippen molar-refractivity contribution in [2.75, 3.05) is 0 Å². The highest BCUT2D eigenvalue weighted by molar-refractivity contribution is 5.69. The van der Waals surface area contributed by atoms with E-state index in [0.29, 0.717) is 0 Å². The van der Waals surface area contributed by atoms with Gasteiger partial charge >= 0.3 is 0 Å². The van der Waals surface area contributed by atoms with Crippen molar-refractivity contribution in [2.45, 2.75) is 19.8 Å². The van der Waals surface area contributed by atoms with Crippen LogP contribution in [0, 0.1) is 0 Å². The molecule has 2 aromatic heterocycles. The topological polar surface area (TPSA) is 41.6 Å². The average Bonchev–Trinajstić information content (AvgIpc) is 2.47. The molecule has 0 aliphatic rings. The predicted octanol–water partition coefficient (Wildman–Crippen LogP) is 1.91. The van der Waals surface area contributed by atoms with E-state index in [1.165, 1.54) is 0 Å². The number of aromatic amines is 1. The standard InChI is InChI=1S/C9H11N3/c1-2-4-8-11-7-5-3-6-10-9(7)12-8/h3,5-6H,2,4H2,1H3,(H,10,11,12). The number of aromatic nitrogens is 3. The molecule has 0 amide bonds. The van der Waals surface area contributed by atoms with Crippen molar-refractivity contribution in [3.63, 3.8) is 0 Å². The number of nitrogens with zero attached hydrogens (tertiary/aromatic N) is 2. The van der Waals surface area contributed by atoms with Crippen molar-refractivity contribution in [3.05, 3.63) is 24.2 Å². The van der Waals surface area contributed by atoms with Crippen molar-refractivity contribution in [1.82, 2.24) is 15.0 Å². The monoisotopic (exact) mass is 161 g/mol. The van der Waals surface area contributed by atoms with E-state index in [0.717, 1.165) is 29.8 Å². The van der Waals surface area contributed by atoms with Crippen molar-refractivity contribution in [3.8, 4) is 0 Å². The highest BCUT2D eigenvalue weighted by atomic mass is 15.0. The third-order valence-electron chi connectivity index (χ3n) is 1.79. The van der Waals surface area contributed by atoms with E-state index >= 15 is 0 Å². The molecule has 3 heteroatoms. The second-order valence-corrected chi connectivity index (χ2v) is 2.81. The molecule has 0 aliphatic carbocycles. The summed E-state index contributed by atoms with van der Waals surface area (Å²) in [6.07, 6.45) is 3.87. The number of pyridine rings is 1. The molecule has 0 radical (unpaired) electrons. The second-order valence-electron chi connectivity index (χ2n) is 2.81. The van der Waals surface area contributed by atoms with E-state index in [-0.39, 0.29) is 0 Å². The molecule has 0 saturated carbocycles. The fourth-order valence-corrected chi connectivity index (χ4v) is 1.25. The van der Waals surface area contributed by atoms with Crippen LogP contribution in [0.2, 0.25) is 0 Å². The van der Waals surface area contributed by atoms with Gasteiger partial charge in [-0.05, 0) is 18.6 Å². The van der Waals surface area contributed by atoms with Crippen LogP contribution in [0.15, 0.2) is 18.3 Å². The largest absolute Gasteiger partial charge is 0.341 e. The number of fused-ring (bicyclic) bond motifs is 1. The van der Waals surface area contributed by atoms with Gasteiger partial charge in [0, 0.05) is 12.6 Å². The van der Waals surface area contributed by atoms with Gasteiger partial charge in [0.05, 0.1) is 5.52 Å². The number of nitrogens with one attached hydrogen (secondary N) is 1. The van der Waals surface area contributed by atoms with Gasteiger partial charge in [0.1, 0.15) is 5.82 Å². The third-order valence-corrected chi connectivity index (χ3v) is 1.79. The zero-order valence-corrected chi connectivity index (χ0v) is 7.04. The Bertz CT molecular complexity index is 345. The lowest BCUT2D eigenvalue weighted by Gasteiger charge is -1.86. The Morgan fingerprint density at radius 3 is 3.17 bits per heavy atom. The SMILES string of the molecule is CCCc1nc2ncccc2[nH]1. The Labute approximate surface area is 70.9 Å². The van der Waals surface area contributed by atoms with Crippen LogP contribution < -0.4 is 0 Å². The Balaban J connectivity index is 2.47. The summed E-state index contributed by atoms with van der Waals surface area (Å²) in [6, 6.07) is 3.91. The number of imidazole rings is 1. The maximum absolute atomic E-state index is 4.34. The lowest BCUT2D eigenvalue weighted by Crippen LogP contribution is -1.84. The maximum Gasteiger partial charge on any atom is 0.177 e. The molecule has 0 atom stereocenters. The quantitative estimate of drug-likeness (QED) is 0.731. The fraction of sp³-hybridized carbons (Fsp3) is 0.333. The average molecular weight is 161 g/mol. The summed E-state index contributed by atoms with van der Waals surface area (Å²) < 4.78 is 0. The molecule has 62 valence electrons. The Kier molecular flexibility index (Phi) is 1.78. The van der Waals surface area contributed by atoms with Crippen LogP contribution in [0.5, 0.6) is 0 Å². The highest BCUT2D eigenvalue weighted by Crippen LogP contribution is 2.07. The number of H-pyrrole nitrogens is 1. The molecule has 0 fully saturated rings. The van der Waals surface area contributed by atoms with Gasteiger partial charge in [-0.15, -0.1) is 0 Å². The molecule has 1 N–H and O–H groups in total. The predicted molar refractivity (Wildman–Crippen MR) is 47.9 cm³/mol. The van der Waals surface area contributed by atoms with Gasteiger partial charge in [-0.3, -0.25) is 0 Å². The lowest BCUT2D eigenvalue weighted by molar-refractivity contribution is 0.860. The Hall–Kier alpha value is -1.38. The molecule has 2 heterocycles. The Morgan fingerprint density at radius 1 is 1.50 bits per heavy atom. The van der Waals surface area contributed by atoms with Crippen LogP contribution in [-0.4, -0.2) is 15.0 Å². The van der Waals surface area contributed by atoms with Crippen LogP contribution in [0.1, 0.15) is 19.2 Å². The summed E-state index contributed by atoms with van der Waals surface area (Å²) in [6.45, 7) is 2.14. The third kappa shape index (κ3) is 1.18. The van der Waals surface area contributed by atoms with E-state index in [9.17, 15) is 0 Å². The molecule has 0 aromatic carbocycles. The molecule has 0 aliphatic heterocycles. The normalized spacial score (nSPS) is 10.8. The van der Waals surface area contributed by atoms with Gasteiger partial charge in [0.15, 0.2) is 5.65 Å². The summed E-state index contributed by atoms with van der Waals surface area (Å²) >= 11 is 0. The minimum absolute atomic E-state index is 0.820. The van der Waals surface area contributed by atoms with Crippen LogP contribution >= 0.6 is 0 Å². The van der Waals surface area contributed by atoms with E-state index < -0.39 is 0 Å². The zero-order chi connectivity index (χ0) is 8.39. The number of aryl methyl sites for hydroxylation is 1.